The van der Waals surface area contributed by atoms with Crippen molar-refractivity contribution in [1.29, 1.82) is 0 Å². The predicted octanol–water partition coefficient (Wildman–Crippen LogP) is 5.21. The monoisotopic (exact) mass is 487 g/mol. The van der Waals surface area contributed by atoms with Gasteiger partial charge in [-0.05, 0) is 64.5 Å². The van der Waals surface area contributed by atoms with Crippen LogP contribution >= 0.6 is 0 Å². The van der Waals surface area contributed by atoms with Crippen LogP contribution in [-0.4, -0.2) is 47.5 Å². The molecule has 0 aliphatic rings. The van der Waals surface area contributed by atoms with Crippen molar-refractivity contribution in [2.75, 3.05) is 13.1 Å². The van der Waals surface area contributed by atoms with Crippen LogP contribution in [0, 0.1) is 19.8 Å². The Bertz CT molecular complexity index is 873. The minimum absolute atomic E-state index is 0.127. The topological polar surface area (TPSA) is 87.7 Å². The number of unbranched alkanes of at least 4 members (excludes halogenated alkanes) is 1. The van der Waals surface area contributed by atoms with Gasteiger partial charge in [0, 0.05) is 13.1 Å². The number of aryl methyl sites for hydroxylation is 2. The van der Waals surface area contributed by atoms with Crippen molar-refractivity contribution in [1.82, 2.24) is 15.5 Å². The molecule has 0 aliphatic heterocycles. The van der Waals surface area contributed by atoms with Gasteiger partial charge in [-0.1, -0.05) is 57.0 Å². The molecule has 3 amide bonds. The molecule has 1 aromatic rings. The number of carbonyl (C=O) groups excluding carboxylic acids is 3. The van der Waals surface area contributed by atoms with Gasteiger partial charge in [-0.2, -0.15) is 0 Å². The van der Waals surface area contributed by atoms with Crippen LogP contribution in [0.1, 0.15) is 83.5 Å². The molecule has 0 aromatic heterocycles. The van der Waals surface area contributed by atoms with Gasteiger partial charge in [0.05, 0.1) is 0 Å². The molecule has 1 rings (SSSR count). The zero-order chi connectivity index (χ0) is 26.8. The molecule has 196 valence electrons. The van der Waals surface area contributed by atoms with E-state index in [-0.39, 0.29) is 24.3 Å². The number of ether oxygens (including phenoxy) is 1. The van der Waals surface area contributed by atoms with Gasteiger partial charge in [-0.3, -0.25) is 9.59 Å². The molecule has 2 atom stereocenters. The SMILES string of the molecule is C=CCN(C(=O)C(CC(C)C)NC(=O)OC(C)(C)C)C(C(=O)NCCCC)c1ccc(C)cc1C. The van der Waals surface area contributed by atoms with Crippen molar-refractivity contribution in [2.45, 2.75) is 92.3 Å². The largest absolute Gasteiger partial charge is 0.444 e. The maximum Gasteiger partial charge on any atom is 0.408 e. The zero-order valence-corrected chi connectivity index (χ0v) is 22.9. The maximum atomic E-state index is 13.9. The van der Waals surface area contributed by atoms with Crippen molar-refractivity contribution in [3.05, 3.63) is 47.5 Å². The summed E-state index contributed by atoms with van der Waals surface area (Å²) in [5.74, 6) is -0.469. The van der Waals surface area contributed by atoms with E-state index in [1.165, 1.54) is 4.90 Å². The fraction of sp³-hybridized carbons (Fsp3) is 0.607. The lowest BCUT2D eigenvalue weighted by Gasteiger charge is -2.35. The minimum atomic E-state index is -0.854. The van der Waals surface area contributed by atoms with E-state index in [1.54, 1.807) is 26.8 Å². The second-order valence-corrected chi connectivity index (χ2v) is 10.5. The number of alkyl carbamates (subject to hydrolysis) is 1. The molecule has 0 spiro atoms. The molecule has 2 unspecified atom stereocenters. The highest BCUT2D eigenvalue weighted by Crippen LogP contribution is 2.27. The van der Waals surface area contributed by atoms with E-state index in [0.717, 1.165) is 29.5 Å². The van der Waals surface area contributed by atoms with Crippen molar-refractivity contribution in [3.8, 4) is 0 Å². The Morgan fingerprint density at radius 2 is 1.83 bits per heavy atom. The van der Waals surface area contributed by atoms with Crippen LogP contribution in [0.5, 0.6) is 0 Å². The van der Waals surface area contributed by atoms with Crippen LogP contribution in [-0.2, 0) is 14.3 Å². The van der Waals surface area contributed by atoms with E-state index < -0.39 is 23.8 Å². The quantitative estimate of drug-likeness (QED) is 0.313. The Morgan fingerprint density at radius 1 is 1.17 bits per heavy atom. The smallest absolute Gasteiger partial charge is 0.408 e. The van der Waals surface area contributed by atoms with Gasteiger partial charge in [-0.25, -0.2) is 4.79 Å². The van der Waals surface area contributed by atoms with Gasteiger partial charge in [0.1, 0.15) is 17.7 Å². The highest BCUT2D eigenvalue weighted by Gasteiger charge is 2.36. The van der Waals surface area contributed by atoms with Gasteiger partial charge in [-0.15, -0.1) is 6.58 Å². The molecule has 0 heterocycles. The summed E-state index contributed by atoms with van der Waals surface area (Å²) in [6.07, 6.45) is 3.14. The zero-order valence-electron chi connectivity index (χ0n) is 22.9. The molecule has 2 N–H and O–H groups in total. The number of benzene rings is 1. The highest BCUT2D eigenvalue weighted by molar-refractivity contribution is 5.92. The van der Waals surface area contributed by atoms with Crippen LogP contribution in [0.15, 0.2) is 30.9 Å². The molecule has 0 fully saturated rings. The molecule has 0 aliphatic carbocycles. The first-order chi connectivity index (χ1) is 16.3. The molecule has 0 saturated heterocycles. The Labute approximate surface area is 211 Å². The van der Waals surface area contributed by atoms with Gasteiger partial charge in [0.2, 0.25) is 11.8 Å². The van der Waals surface area contributed by atoms with Gasteiger partial charge < -0.3 is 20.3 Å². The predicted molar refractivity (Wildman–Crippen MR) is 141 cm³/mol. The lowest BCUT2D eigenvalue weighted by atomic mass is 9.95. The Morgan fingerprint density at radius 3 is 2.34 bits per heavy atom. The first-order valence-corrected chi connectivity index (χ1v) is 12.6. The van der Waals surface area contributed by atoms with E-state index in [4.69, 9.17) is 4.74 Å². The van der Waals surface area contributed by atoms with Gasteiger partial charge in [0.15, 0.2) is 0 Å². The molecule has 1 aromatic carbocycles. The Kier molecular flexibility index (Phi) is 12.0. The number of nitrogens with zero attached hydrogens (tertiary/aromatic N) is 1. The number of hydrogen-bond donors (Lipinski definition) is 2. The van der Waals surface area contributed by atoms with Crippen LogP contribution in [0.25, 0.3) is 0 Å². The van der Waals surface area contributed by atoms with Gasteiger partial charge >= 0.3 is 6.09 Å². The summed E-state index contributed by atoms with van der Waals surface area (Å²) < 4.78 is 5.41. The average Bonchev–Trinajstić information content (AvgIpc) is 2.72. The number of rotatable bonds is 12. The molecular weight excluding hydrogens is 442 g/mol. The fourth-order valence-electron chi connectivity index (χ4n) is 3.87. The fourth-order valence-corrected chi connectivity index (χ4v) is 3.87. The van der Waals surface area contributed by atoms with E-state index >= 15 is 0 Å². The number of amides is 3. The lowest BCUT2D eigenvalue weighted by molar-refractivity contribution is -0.142. The van der Waals surface area contributed by atoms with Crippen LogP contribution in [0.3, 0.4) is 0 Å². The van der Waals surface area contributed by atoms with E-state index in [9.17, 15) is 14.4 Å². The second-order valence-electron chi connectivity index (χ2n) is 10.5. The van der Waals surface area contributed by atoms with Crippen LogP contribution < -0.4 is 10.6 Å². The van der Waals surface area contributed by atoms with Gasteiger partial charge in [0.25, 0.3) is 0 Å². The summed E-state index contributed by atoms with van der Waals surface area (Å²) in [7, 11) is 0. The van der Waals surface area contributed by atoms with Crippen molar-refractivity contribution in [2.24, 2.45) is 5.92 Å². The second kappa shape index (κ2) is 13.9. The molecule has 0 radical (unpaired) electrons. The van der Waals surface area contributed by atoms with Crippen molar-refractivity contribution in [3.63, 3.8) is 0 Å². The molecule has 0 saturated carbocycles. The van der Waals surface area contributed by atoms with Crippen LogP contribution in [0.2, 0.25) is 0 Å². The standard InChI is InChI=1S/C28H45N3O4/c1-10-12-15-29-25(32)24(22-14-13-20(5)18-21(22)6)31(16-11-2)26(33)23(17-19(3)4)30-27(34)35-28(7,8)9/h11,13-14,18-19,23-24H,2,10,12,15-17H2,1,3-9H3,(H,29,32)(H,30,34). The molecule has 7 heteroatoms. The Balaban J connectivity index is 3.45. The third kappa shape index (κ3) is 10.1. The summed E-state index contributed by atoms with van der Waals surface area (Å²) in [5, 5.41) is 5.74. The first-order valence-electron chi connectivity index (χ1n) is 12.6. The minimum Gasteiger partial charge on any atom is -0.444 e. The highest BCUT2D eigenvalue weighted by atomic mass is 16.6. The summed E-state index contributed by atoms with van der Waals surface area (Å²) in [5.41, 5.74) is 2.04. The van der Waals surface area contributed by atoms with Crippen molar-refractivity contribution >= 4 is 17.9 Å². The van der Waals surface area contributed by atoms with E-state index in [2.05, 4.69) is 24.1 Å². The van der Waals surface area contributed by atoms with Crippen molar-refractivity contribution < 1.29 is 19.1 Å². The Hall–Kier alpha value is -2.83. The summed E-state index contributed by atoms with van der Waals surface area (Å²) in [6, 6.07) is 4.14. The molecular formula is C28H45N3O4. The van der Waals surface area contributed by atoms with E-state index in [1.807, 2.05) is 45.9 Å². The number of nitrogens with one attached hydrogen (secondary N) is 2. The summed E-state index contributed by atoms with van der Waals surface area (Å²) >= 11 is 0. The van der Waals surface area contributed by atoms with Crippen LogP contribution in [0.4, 0.5) is 4.79 Å². The maximum absolute atomic E-state index is 13.9. The summed E-state index contributed by atoms with van der Waals surface area (Å²) in [4.78, 5) is 41.5. The summed E-state index contributed by atoms with van der Waals surface area (Å²) in [6.45, 7) is 19.8. The third-order valence-corrected chi connectivity index (χ3v) is 5.41. The number of hydrogen-bond acceptors (Lipinski definition) is 4. The van der Waals surface area contributed by atoms with E-state index in [0.29, 0.717) is 13.0 Å². The first kappa shape index (κ1) is 30.2. The lowest BCUT2D eigenvalue weighted by Crippen LogP contribution is -2.53. The normalized spacial score (nSPS) is 13.1. The molecule has 35 heavy (non-hydrogen) atoms. The third-order valence-electron chi connectivity index (χ3n) is 5.41. The molecule has 0 bridgehead atoms. The number of carbonyl (C=O) groups is 3. The average molecular weight is 488 g/mol. The molecule has 7 nitrogen and oxygen atoms in total.